The van der Waals surface area contributed by atoms with Crippen LogP contribution in [-0.4, -0.2) is 11.9 Å². The predicted octanol–water partition coefficient (Wildman–Crippen LogP) is 3.20. The van der Waals surface area contributed by atoms with Crippen molar-refractivity contribution in [2.45, 2.75) is 37.6 Å². The van der Waals surface area contributed by atoms with Gasteiger partial charge < -0.3 is 9.73 Å². The first-order valence-corrected chi connectivity index (χ1v) is 7.19. The lowest BCUT2D eigenvalue weighted by atomic mass is 9.94. The van der Waals surface area contributed by atoms with Crippen LogP contribution in [0.15, 0.2) is 47.1 Å². The normalized spacial score (nSPS) is 17.2. The fourth-order valence-corrected chi connectivity index (χ4v) is 2.68. The number of hydrogen-bond donors (Lipinski definition) is 1. The van der Waals surface area contributed by atoms with Crippen LogP contribution < -0.4 is 5.32 Å². The SMILES string of the molecule is CC(Cc1ccco1)NC(=O)C1(c2ccc(F)cc2)CC1. The summed E-state index contributed by atoms with van der Waals surface area (Å²) in [5.74, 6) is 0.601. The van der Waals surface area contributed by atoms with Crippen molar-refractivity contribution in [3.05, 3.63) is 59.8 Å². The van der Waals surface area contributed by atoms with Crippen LogP contribution in [0.3, 0.4) is 0 Å². The summed E-state index contributed by atoms with van der Waals surface area (Å²) in [6, 6.07) is 9.98. The molecule has 1 N–H and O–H groups in total. The van der Waals surface area contributed by atoms with E-state index >= 15 is 0 Å². The number of furan rings is 1. The van der Waals surface area contributed by atoms with Gasteiger partial charge in [-0.25, -0.2) is 4.39 Å². The van der Waals surface area contributed by atoms with Crippen LogP contribution >= 0.6 is 0 Å². The van der Waals surface area contributed by atoms with Gasteiger partial charge in [0.05, 0.1) is 11.7 Å². The van der Waals surface area contributed by atoms with E-state index in [0.29, 0.717) is 6.42 Å². The first-order chi connectivity index (χ1) is 10.1. The third-order valence-electron chi connectivity index (χ3n) is 4.05. The van der Waals surface area contributed by atoms with Crippen LogP contribution in [0.1, 0.15) is 31.1 Å². The van der Waals surface area contributed by atoms with Crippen molar-refractivity contribution in [2.24, 2.45) is 0 Å². The Morgan fingerprint density at radius 1 is 1.33 bits per heavy atom. The number of benzene rings is 1. The van der Waals surface area contributed by atoms with E-state index in [9.17, 15) is 9.18 Å². The van der Waals surface area contributed by atoms with Crippen molar-refractivity contribution >= 4 is 5.91 Å². The van der Waals surface area contributed by atoms with Crippen molar-refractivity contribution in [1.29, 1.82) is 0 Å². The third kappa shape index (κ3) is 2.84. The third-order valence-corrected chi connectivity index (χ3v) is 4.05. The van der Waals surface area contributed by atoms with Crippen LogP contribution in [0.5, 0.6) is 0 Å². The minimum absolute atomic E-state index is 0.00146. The average molecular weight is 287 g/mol. The Labute approximate surface area is 123 Å². The standard InChI is InChI=1S/C17H18FNO2/c1-12(11-15-3-2-10-21-15)19-16(20)17(8-9-17)13-4-6-14(18)7-5-13/h2-7,10,12H,8-9,11H2,1H3,(H,19,20). The molecule has 1 amide bonds. The second kappa shape index (κ2) is 5.35. The molecule has 1 atom stereocenters. The van der Waals surface area contributed by atoms with Gasteiger partial charge in [-0.15, -0.1) is 0 Å². The Hall–Kier alpha value is -2.10. The number of hydrogen-bond acceptors (Lipinski definition) is 2. The van der Waals surface area contributed by atoms with Crippen LogP contribution in [0.2, 0.25) is 0 Å². The highest BCUT2D eigenvalue weighted by Gasteiger charge is 2.51. The monoisotopic (exact) mass is 287 g/mol. The Bertz CT molecular complexity index is 615. The molecule has 4 heteroatoms. The molecule has 0 aliphatic heterocycles. The summed E-state index contributed by atoms with van der Waals surface area (Å²) < 4.78 is 18.3. The smallest absolute Gasteiger partial charge is 0.230 e. The van der Waals surface area contributed by atoms with E-state index in [4.69, 9.17) is 4.42 Å². The summed E-state index contributed by atoms with van der Waals surface area (Å²) in [5, 5.41) is 3.04. The number of amides is 1. The molecule has 1 aromatic carbocycles. The molecule has 1 heterocycles. The maximum atomic E-state index is 13.0. The number of rotatable bonds is 5. The summed E-state index contributed by atoms with van der Waals surface area (Å²) in [7, 11) is 0. The van der Waals surface area contributed by atoms with Gasteiger partial charge in [-0.05, 0) is 49.6 Å². The van der Waals surface area contributed by atoms with Gasteiger partial charge in [-0.2, -0.15) is 0 Å². The predicted molar refractivity (Wildman–Crippen MR) is 77.3 cm³/mol. The fraction of sp³-hybridized carbons (Fsp3) is 0.353. The van der Waals surface area contributed by atoms with Crippen molar-refractivity contribution < 1.29 is 13.6 Å². The molecule has 2 aromatic rings. The molecule has 1 aliphatic carbocycles. The summed E-state index contributed by atoms with van der Waals surface area (Å²) in [4.78, 5) is 12.5. The number of carbonyl (C=O) groups is 1. The van der Waals surface area contributed by atoms with Gasteiger partial charge in [0.1, 0.15) is 11.6 Å². The highest BCUT2D eigenvalue weighted by molar-refractivity contribution is 5.91. The molecule has 110 valence electrons. The highest BCUT2D eigenvalue weighted by atomic mass is 19.1. The van der Waals surface area contributed by atoms with E-state index in [-0.39, 0.29) is 17.8 Å². The van der Waals surface area contributed by atoms with Gasteiger partial charge in [-0.3, -0.25) is 4.79 Å². The van der Waals surface area contributed by atoms with Gasteiger partial charge in [-0.1, -0.05) is 12.1 Å². The van der Waals surface area contributed by atoms with Crippen molar-refractivity contribution in [1.82, 2.24) is 5.32 Å². The summed E-state index contributed by atoms with van der Waals surface area (Å²) in [5.41, 5.74) is 0.428. The minimum Gasteiger partial charge on any atom is -0.469 e. The van der Waals surface area contributed by atoms with Crippen molar-refractivity contribution in [3.63, 3.8) is 0 Å². The van der Waals surface area contributed by atoms with Gasteiger partial charge in [0, 0.05) is 12.5 Å². The molecule has 0 radical (unpaired) electrons. The molecular formula is C17H18FNO2. The Balaban J connectivity index is 1.66. The molecule has 0 saturated heterocycles. The molecule has 21 heavy (non-hydrogen) atoms. The zero-order valence-electron chi connectivity index (χ0n) is 11.9. The van der Waals surface area contributed by atoms with Crippen LogP contribution in [0, 0.1) is 5.82 Å². The molecule has 3 rings (SSSR count). The summed E-state index contributed by atoms with van der Waals surface area (Å²) in [6.45, 7) is 1.96. The maximum absolute atomic E-state index is 13.0. The lowest BCUT2D eigenvalue weighted by Crippen LogP contribution is -2.41. The molecule has 1 aromatic heterocycles. The Morgan fingerprint density at radius 2 is 2.05 bits per heavy atom. The summed E-state index contributed by atoms with van der Waals surface area (Å²) >= 11 is 0. The van der Waals surface area contributed by atoms with Gasteiger partial charge in [0.25, 0.3) is 0 Å². The second-order valence-corrected chi connectivity index (χ2v) is 5.75. The van der Waals surface area contributed by atoms with E-state index < -0.39 is 5.41 Å². The molecule has 1 unspecified atom stereocenters. The lowest BCUT2D eigenvalue weighted by Gasteiger charge is -2.19. The second-order valence-electron chi connectivity index (χ2n) is 5.75. The molecule has 3 nitrogen and oxygen atoms in total. The van der Waals surface area contributed by atoms with Crippen molar-refractivity contribution in [3.8, 4) is 0 Å². The molecule has 1 fully saturated rings. The number of nitrogens with one attached hydrogen (secondary N) is 1. The Morgan fingerprint density at radius 3 is 2.62 bits per heavy atom. The van der Waals surface area contributed by atoms with E-state index in [0.717, 1.165) is 24.2 Å². The van der Waals surface area contributed by atoms with Crippen molar-refractivity contribution in [2.75, 3.05) is 0 Å². The van der Waals surface area contributed by atoms with Crippen LogP contribution in [0.25, 0.3) is 0 Å². The Kier molecular flexibility index (Phi) is 3.53. The number of halogens is 1. The van der Waals surface area contributed by atoms with Gasteiger partial charge in [0.2, 0.25) is 5.91 Å². The summed E-state index contributed by atoms with van der Waals surface area (Å²) in [6.07, 6.45) is 3.93. The lowest BCUT2D eigenvalue weighted by molar-refractivity contribution is -0.124. The quantitative estimate of drug-likeness (QED) is 0.917. The van der Waals surface area contributed by atoms with Gasteiger partial charge >= 0.3 is 0 Å². The molecule has 0 spiro atoms. The van der Waals surface area contributed by atoms with E-state index in [2.05, 4.69) is 5.32 Å². The largest absolute Gasteiger partial charge is 0.469 e. The van der Waals surface area contributed by atoms with E-state index in [1.165, 1.54) is 12.1 Å². The molecule has 1 saturated carbocycles. The first kappa shape index (κ1) is 13.9. The zero-order valence-corrected chi connectivity index (χ0v) is 11.9. The minimum atomic E-state index is -0.467. The molecule has 1 aliphatic rings. The highest BCUT2D eigenvalue weighted by Crippen LogP contribution is 2.48. The van der Waals surface area contributed by atoms with Crippen LogP contribution in [0.4, 0.5) is 4.39 Å². The maximum Gasteiger partial charge on any atom is 0.230 e. The zero-order chi connectivity index (χ0) is 14.9. The molecular weight excluding hydrogens is 269 g/mol. The first-order valence-electron chi connectivity index (χ1n) is 7.19. The fourth-order valence-electron chi connectivity index (χ4n) is 2.68. The van der Waals surface area contributed by atoms with Crippen LogP contribution in [-0.2, 0) is 16.6 Å². The van der Waals surface area contributed by atoms with E-state index in [1.807, 2.05) is 19.1 Å². The topological polar surface area (TPSA) is 42.2 Å². The average Bonchev–Trinajstić information content (AvgIpc) is 3.12. The van der Waals surface area contributed by atoms with Gasteiger partial charge in [0.15, 0.2) is 0 Å². The number of carbonyl (C=O) groups excluding carboxylic acids is 1. The van der Waals surface area contributed by atoms with E-state index in [1.54, 1.807) is 18.4 Å². The molecule has 0 bridgehead atoms.